The molecule has 1 unspecified atom stereocenters. The Morgan fingerprint density at radius 1 is 1.21 bits per heavy atom. The summed E-state index contributed by atoms with van der Waals surface area (Å²) in [6, 6.07) is 0.692. The van der Waals surface area contributed by atoms with E-state index in [2.05, 4.69) is 26.1 Å². The molecule has 0 aliphatic heterocycles. The van der Waals surface area contributed by atoms with E-state index in [0.717, 1.165) is 18.9 Å². The molecule has 0 aromatic carbocycles. The van der Waals surface area contributed by atoms with Gasteiger partial charge in [-0.1, -0.05) is 39.0 Å². The molecular formula is C17H35NO. The standard InChI is InChI=1S/C17H35NO/c1-5-13-18-16(11-12-17(2,3)19-4)14-15-9-7-6-8-10-15/h15-16,18H,5-14H2,1-4H3. The van der Waals surface area contributed by atoms with Gasteiger partial charge in [0.1, 0.15) is 0 Å². The van der Waals surface area contributed by atoms with E-state index in [1.165, 1.54) is 51.4 Å². The molecule has 0 aromatic rings. The van der Waals surface area contributed by atoms with Gasteiger partial charge in [0.05, 0.1) is 5.60 Å². The summed E-state index contributed by atoms with van der Waals surface area (Å²) in [7, 11) is 1.83. The Morgan fingerprint density at radius 2 is 1.89 bits per heavy atom. The summed E-state index contributed by atoms with van der Waals surface area (Å²) in [5.74, 6) is 0.966. The van der Waals surface area contributed by atoms with Crippen molar-refractivity contribution < 1.29 is 4.74 Å². The Labute approximate surface area is 120 Å². The van der Waals surface area contributed by atoms with Gasteiger partial charge >= 0.3 is 0 Å². The molecule has 0 bridgehead atoms. The van der Waals surface area contributed by atoms with Crippen molar-refractivity contribution in [2.24, 2.45) is 5.92 Å². The second-order valence-corrected chi connectivity index (χ2v) is 6.89. The minimum absolute atomic E-state index is 0.0265. The lowest BCUT2D eigenvalue weighted by atomic mass is 9.83. The molecule has 0 spiro atoms. The molecule has 1 fully saturated rings. The lowest BCUT2D eigenvalue weighted by Gasteiger charge is -2.30. The van der Waals surface area contributed by atoms with Crippen LogP contribution in [0, 0.1) is 5.92 Å². The Kier molecular flexibility index (Phi) is 8.01. The number of hydrogen-bond donors (Lipinski definition) is 1. The number of rotatable bonds is 9. The quantitative estimate of drug-likeness (QED) is 0.664. The van der Waals surface area contributed by atoms with Gasteiger partial charge < -0.3 is 10.1 Å². The topological polar surface area (TPSA) is 21.3 Å². The van der Waals surface area contributed by atoms with Crippen LogP contribution >= 0.6 is 0 Å². The van der Waals surface area contributed by atoms with Gasteiger partial charge in [0, 0.05) is 13.2 Å². The molecule has 19 heavy (non-hydrogen) atoms. The van der Waals surface area contributed by atoms with Crippen LogP contribution in [0.25, 0.3) is 0 Å². The zero-order valence-corrected chi connectivity index (χ0v) is 13.6. The van der Waals surface area contributed by atoms with Crippen LogP contribution in [-0.4, -0.2) is 25.3 Å². The third kappa shape index (κ3) is 7.31. The fourth-order valence-electron chi connectivity index (χ4n) is 3.10. The molecule has 2 heteroatoms. The van der Waals surface area contributed by atoms with Crippen LogP contribution in [0.5, 0.6) is 0 Å². The second-order valence-electron chi connectivity index (χ2n) is 6.89. The van der Waals surface area contributed by atoms with Crippen molar-refractivity contribution >= 4 is 0 Å². The maximum absolute atomic E-state index is 5.55. The average Bonchev–Trinajstić information content (AvgIpc) is 2.43. The second kappa shape index (κ2) is 8.97. The summed E-state index contributed by atoms with van der Waals surface area (Å²) < 4.78 is 5.55. The van der Waals surface area contributed by atoms with Gasteiger partial charge in [-0.3, -0.25) is 0 Å². The molecular weight excluding hydrogens is 234 g/mol. The maximum atomic E-state index is 5.55. The molecule has 0 amide bonds. The van der Waals surface area contributed by atoms with Gasteiger partial charge in [0.15, 0.2) is 0 Å². The SMILES string of the molecule is CCCNC(CCC(C)(C)OC)CC1CCCCC1. The zero-order valence-electron chi connectivity index (χ0n) is 13.6. The molecule has 0 aromatic heterocycles. The van der Waals surface area contributed by atoms with Gasteiger partial charge in [-0.2, -0.15) is 0 Å². The molecule has 0 radical (unpaired) electrons. The van der Waals surface area contributed by atoms with E-state index in [4.69, 9.17) is 4.74 Å². The van der Waals surface area contributed by atoms with E-state index < -0.39 is 0 Å². The molecule has 1 atom stereocenters. The van der Waals surface area contributed by atoms with Crippen molar-refractivity contribution in [1.82, 2.24) is 5.32 Å². The largest absolute Gasteiger partial charge is 0.379 e. The number of ether oxygens (including phenoxy) is 1. The van der Waals surface area contributed by atoms with Gasteiger partial charge in [-0.25, -0.2) is 0 Å². The van der Waals surface area contributed by atoms with E-state index in [0.29, 0.717) is 6.04 Å². The van der Waals surface area contributed by atoms with E-state index in [1.807, 2.05) is 7.11 Å². The van der Waals surface area contributed by atoms with E-state index in [-0.39, 0.29) is 5.60 Å². The number of methoxy groups -OCH3 is 1. The summed E-state index contributed by atoms with van der Waals surface area (Å²) in [5, 5.41) is 3.76. The highest BCUT2D eigenvalue weighted by atomic mass is 16.5. The summed E-state index contributed by atoms with van der Waals surface area (Å²) in [4.78, 5) is 0. The highest BCUT2D eigenvalue weighted by Crippen LogP contribution is 2.29. The van der Waals surface area contributed by atoms with Gasteiger partial charge in [-0.15, -0.1) is 0 Å². The smallest absolute Gasteiger partial charge is 0.0623 e. The Hall–Kier alpha value is -0.0800. The normalized spacial score (nSPS) is 19.6. The maximum Gasteiger partial charge on any atom is 0.0623 e. The fraction of sp³-hybridized carbons (Fsp3) is 1.00. The summed E-state index contributed by atoms with van der Waals surface area (Å²) in [6.07, 6.45) is 12.3. The lowest BCUT2D eigenvalue weighted by molar-refractivity contribution is 0.0110. The number of nitrogens with one attached hydrogen (secondary N) is 1. The van der Waals surface area contributed by atoms with Crippen LogP contribution in [0.2, 0.25) is 0 Å². The van der Waals surface area contributed by atoms with Crippen LogP contribution in [-0.2, 0) is 4.74 Å². The molecule has 2 nitrogen and oxygen atoms in total. The Morgan fingerprint density at radius 3 is 2.47 bits per heavy atom. The Bertz CT molecular complexity index is 221. The minimum atomic E-state index is 0.0265. The molecule has 0 heterocycles. The van der Waals surface area contributed by atoms with Gasteiger partial charge in [0.2, 0.25) is 0 Å². The van der Waals surface area contributed by atoms with E-state index in [1.54, 1.807) is 0 Å². The zero-order chi connectivity index (χ0) is 14.1. The lowest BCUT2D eigenvalue weighted by Crippen LogP contribution is -2.35. The van der Waals surface area contributed by atoms with Gasteiger partial charge in [0.25, 0.3) is 0 Å². The highest BCUT2D eigenvalue weighted by molar-refractivity contribution is 4.78. The molecule has 1 aliphatic rings. The third-order valence-corrected chi connectivity index (χ3v) is 4.67. The summed E-state index contributed by atoms with van der Waals surface area (Å²) in [5.41, 5.74) is 0.0265. The Balaban J connectivity index is 2.36. The predicted octanol–water partition coefficient (Wildman–Crippen LogP) is 4.53. The first-order chi connectivity index (χ1) is 9.07. The molecule has 1 N–H and O–H groups in total. The first kappa shape index (κ1) is 17.0. The van der Waals surface area contributed by atoms with Crippen LogP contribution in [0.4, 0.5) is 0 Å². The van der Waals surface area contributed by atoms with Crippen molar-refractivity contribution in [3.05, 3.63) is 0 Å². The summed E-state index contributed by atoms with van der Waals surface area (Å²) in [6.45, 7) is 7.81. The van der Waals surface area contributed by atoms with Crippen LogP contribution in [0.3, 0.4) is 0 Å². The highest BCUT2D eigenvalue weighted by Gasteiger charge is 2.22. The van der Waals surface area contributed by atoms with Crippen molar-refractivity contribution in [3.8, 4) is 0 Å². The van der Waals surface area contributed by atoms with E-state index >= 15 is 0 Å². The van der Waals surface area contributed by atoms with Crippen LogP contribution in [0.15, 0.2) is 0 Å². The van der Waals surface area contributed by atoms with Crippen molar-refractivity contribution in [3.63, 3.8) is 0 Å². The average molecular weight is 269 g/mol. The minimum Gasteiger partial charge on any atom is -0.379 e. The first-order valence-corrected chi connectivity index (χ1v) is 8.36. The monoisotopic (exact) mass is 269 g/mol. The van der Waals surface area contributed by atoms with Crippen molar-refractivity contribution in [2.45, 2.75) is 90.2 Å². The molecule has 114 valence electrons. The number of hydrogen-bond acceptors (Lipinski definition) is 2. The van der Waals surface area contributed by atoms with Crippen LogP contribution in [0.1, 0.15) is 78.6 Å². The molecule has 1 saturated carbocycles. The van der Waals surface area contributed by atoms with E-state index in [9.17, 15) is 0 Å². The fourth-order valence-corrected chi connectivity index (χ4v) is 3.10. The van der Waals surface area contributed by atoms with Crippen molar-refractivity contribution in [1.29, 1.82) is 0 Å². The van der Waals surface area contributed by atoms with Gasteiger partial charge in [-0.05, 0) is 52.0 Å². The molecule has 1 aliphatic carbocycles. The van der Waals surface area contributed by atoms with Crippen LogP contribution < -0.4 is 5.32 Å². The molecule has 1 rings (SSSR count). The third-order valence-electron chi connectivity index (χ3n) is 4.67. The summed E-state index contributed by atoms with van der Waals surface area (Å²) >= 11 is 0. The molecule has 0 saturated heterocycles. The predicted molar refractivity (Wildman–Crippen MR) is 83.6 cm³/mol. The van der Waals surface area contributed by atoms with Crippen molar-refractivity contribution in [2.75, 3.05) is 13.7 Å². The first-order valence-electron chi connectivity index (χ1n) is 8.36.